The van der Waals surface area contributed by atoms with Gasteiger partial charge in [0.1, 0.15) is 11.8 Å². The molecule has 116 valence electrons. The van der Waals surface area contributed by atoms with Gasteiger partial charge in [-0.05, 0) is 38.4 Å². The van der Waals surface area contributed by atoms with Crippen LogP contribution in [0.2, 0.25) is 0 Å². The molecule has 1 fully saturated rings. The van der Waals surface area contributed by atoms with Crippen molar-refractivity contribution >= 4 is 11.9 Å². The molecule has 2 heterocycles. The first-order valence-corrected chi connectivity index (χ1v) is 7.27. The van der Waals surface area contributed by atoms with E-state index in [1.54, 1.807) is 12.3 Å². The largest absolute Gasteiger partial charge is 0.468 e. The van der Waals surface area contributed by atoms with Gasteiger partial charge >= 0.3 is 5.97 Å². The maximum absolute atomic E-state index is 12.2. The average molecular weight is 294 g/mol. The molecule has 0 saturated carbocycles. The molecule has 1 aromatic rings. The van der Waals surface area contributed by atoms with Crippen LogP contribution >= 0.6 is 0 Å². The van der Waals surface area contributed by atoms with Crippen molar-refractivity contribution in [1.82, 2.24) is 10.2 Å². The summed E-state index contributed by atoms with van der Waals surface area (Å²) in [6.45, 7) is 2.90. The Morgan fingerprint density at radius 3 is 3.00 bits per heavy atom. The lowest BCUT2D eigenvalue weighted by molar-refractivity contribution is -0.150. The van der Waals surface area contributed by atoms with Crippen molar-refractivity contribution in [2.24, 2.45) is 0 Å². The fraction of sp³-hybridized carbons (Fsp3) is 0.600. The van der Waals surface area contributed by atoms with Crippen LogP contribution in [0.3, 0.4) is 0 Å². The Balaban J connectivity index is 1.94. The topological polar surface area (TPSA) is 71.8 Å². The number of carbonyl (C=O) groups is 2. The number of piperidine rings is 1. The summed E-state index contributed by atoms with van der Waals surface area (Å²) in [6.07, 6.45) is 4.28. The number of nitrogens with zero attached hydrogens (tertiary/aromatic N) is 1. The fourth-order valence-corrected chi connectivity index (χ4v) is 2.69. The zero-order valence-corrected chi connectivity index (χ0v) is 12.5. The number of amides is 1. The molecule has 21 heavy (non-hydrogen) atoms. The Kier molecular flexibility index (Phi) is 5.38. The average Bonchev–Trinajstić information content (AvgIpc) is 3.04. The summed E-state index contributed by atoms with van der Waals surface area (Å²) in [5, 5.41) is 2.83. The molecule has 1 aromatic heterocycles. The number of carbonyl (C=O) groups excluding carboxylic acids is 2. The van der Waals surface area contributed by atoms with Gasteiger partial charge < -0.3 is 14.5 Å². The van der Waals surface area contributed by atoms with Crippen LogP contribution in [0.5, 0.6) is 0 Å². The molecule has 2 atom stereocenters. The first-order chi connectivity index (χ1) is 10.1. The Bertz CT molecular complexity index is 472. The van der Waals surface area contributed by atoms with E-state index >= 15 is 0 Å². The lowest BCUT2D eigenvalue weighted by Gasteiger charge is -2.37. The minimum Gasteiger partial charge on any atom is -0.468 e. The SMILES string of the molecule is COC(=O)[C@H]1CCCCN1C(C)C(=O)NCc1ccco1. The van der Waals surface area contributed by atoms with E-state index in [4.69, 9.17) is 9.15 Å². The van der Waals surface area contributed by atoms with E-state index in [1.165, 1.54) is 7.11 Å². The molecular formula is C15H22N2O4. The van der Waals surface area contributed by atoms with Crippen LogP contribution < -0.4 is 5.32 Å². The molecule has 0 radical (unpaired) electrons. The van der Waals surface area contributed by atoms with E-state index in [-0.39, 0.29) is 24.0 Å². The zero-order valence-electron chi connectivity index (χ0n) is 12.5. The van der Waals surface area contributed by atoms with E-state index in [0.29, 0.717) is 12.3 Å². The molecule has 6 heteroatoms. The van der Waals surface area contributed by atoms with Crippen LogP contribution in [0.15, 0.2) is 22.8 Å². The van der Waals surface area contributed by atoms with Gasteiger partial charge in [0.2, 0.25) is 5.91 Å². The van der Waals surface area contributed by atoms with Gasteiger partial charge in [0.15, 0.2) is 0 Å². The summed E-state index contributed by atoms with van der Waals surface area (Å²) in [6, 6.07) is 2.89. The Morgan fingerprint density at radius 1 is 1.52 bits per heavy atom. The van der Waals surface area contributed by atoms with Crippen LogP contribution in [-0.2, 0) is 20.9 Å². The van der Waals surface area contributed by atoms with E-state index < -0.39 is 0 Å². The minimum atomic E-state index is -0.371. The van der Waals surface area contributed by atoms with Crippen LogP contribution in [0.4, 0.5) is 0 Å². The highest BCUT2D eigenvalue weighted by Crippen LogP contribution is 2.20. The highest BCUT2D eigenvalue weighted by atomic mass is 16.5. The Hall–Kier alpha value is -1.82. The number of likely N-dealkylation sites (tertiary alicyclic amines) is 1. The van der Waals surface area contributed by atoms with Crippen LogP contribution in [0, 0.1) is 0 Å². The third-order valence-electron chi connectivity index (χ3n) is 3.91. The number of nitrogens with one attached hydrogen (secondary N) is 1. The lowest BCUT2D eigenvalue weighted by Crippen LogP contribution is -2.54. The molecule has 2 rings (SSSR count). The molecule has 1 aliphatic heterocycles. The van der Waals surface area contributed by atoms with Gasteiger partial charge in [-0.15, -0.1) is 0 Å². The van der Waals surface area contributed by atoms with Crippen molar-refractivity contribution in [1.29, 1.82) is 0 Å². The van der Waals surface area contributed by atoms with Crippen LogP contribution in [0.25, 0.3) is 0 Å². The van der Waals surface area contributed by atoms with Crippen molar-refractivity contribution < 1.29 is 18.7 Å². The lowest BCUT2D eigenvalue weighted by atomic mass is 10.00. The molecule has 1 unspecified atom stereocenters. The van der Waals surface area contributed by atoms with Crippen molar-refractivity contribution in [2.45, 2.75) is 44.8 Å². The van der Waals surface area contributed by atoms with E-state index in [9.17, 15) is 9.59 Å². The van der Waals surface area contributed by atoms with Gasteiger partial charge in [0.25, 0.3) is 0 Å². The molecule has 1 N–H and O–H groups in total. The predicted octanol–water partition coefficient (Wildman–Crippen LogP) is 1.31. The summed E-state index contributed by atoms with van der Waals surface area (Å²) in [7, 11) is 1.39. The number of ether oxygens (including phenoxy) is 1. The molecule has 0 spiro atoms. The third-order valence-corrected chi connectivity index (χ3v) is 3.91. The van der Waals surface area contributed by atoms with E-state index in [1.807, 2.05) is 17.9 Å². The van der Waals surface area contributed by atoms with Crippen LogP contribution in [-0.4, -0.2) is 42.5 Å². The summed E-state index contributed by atoms with van der Waals surface area (Å²) < 4.78 is 10.0. The summed E-state index contributed by atoms with van der Waals surface area (Å²) >= 11 is 0. The molecule has 0 aliphatic carbocycles. The standard InChI is InChI=1S/C15H22N2O4/c1-11(14(18)16-10-12-6-5-9-21-12)17-8-4-3-7-13(17)15(19)20-2/h5-6,9,11,13H,3-4,7-8,10H2,1-2H3,(H,16,18)/t11?,13-/m1/s1. The predicted molar refractivity (Wildman–Crippen MR) is 76.4 cm³/mol. The maximum atomic E-state index is 12.2. The smallest absolute Gasteiger partial charge is 0.323 e. The number of rotatable bonds is 5. The van der Waals surface area contributed by atoms with E-state index in [2.05, 4.69) is 5.32 Å². The minimum absolute atomic E-state index is 0.109. The van der Waals surface area contributed by atoms with Crippen LogP contribution in [0.1, 0.15) is 31.9 Å². The molecule has 0 bridgehead atoms. The van der Waals surface area contributed by atoms with Gasteiger partial charge in [-0.1, -0.05) is 6.42 Å². The summed E-state index contributed by atoms with van der Waals surface area (Å²) in [5.41, 5.74) is 0. The highest BCUT2D eigenvalue weighted by molar-refractivity contribution is 5.83. The second-order valence-electron chi connectivity index (χ2n) is 5.25. The fourth-order valence-electron chi connectivity index (χ4n) is 2.69. The molecular weight excluding hydrogens is 272 g/mol. The summed E-state index contributed by atoms with van der Waals surface area (Å²) in [5.74, 6) is 0.335. The first kappa shape index (κ1) is 15.6. The summed E-state index contributed by atoms with van der Waals surface area (Å²) in [4.78, 5) is 26.0. The Labute approximate surface area is 124 Å². The second kappa shape index (κ2) is 7.26. The number of hydrogen-bond acceptors (Lipinski definition) is 5. The highest BCUT2D eigenvalue weighted by Gasteiger charge is 2.35. The molecule has 6 nitrogen and oxygen atoms in total. The number of esters is 1. The normalized spacial score (nSPS) is 20.8. The van der Waals surface area contributed by atoms with E-state index in [0.717, 1.165) is 25.8 Å². The van der Waals surface area contributed by atoms with Crippen molar-refractivity contribution in [2.75, 3.05) is 13.7 Å². The second-order valence-corrected chi connectivity index (χ2v) is 5.25. The monoisotopic (exact) mass is 294 g/mol. The van der Waals surface area contributed by atoms with Gasteiger partial charge in [-0.2, -0.15) is 0 Å². The quantitative estimate of drug-likeness (QED) is 0.829. The zero-order chi connectivity index (χ0) is 15.2. The number of methoxy groups -OCH3 is 1. The van der Waals surface area contributed by atoms with Gasteiger partial charge in [0.05, 0.1) is 26.0 Å². The maximum Gasteiger partial charge on any atom is 0.323 e. The number of furan rings is 1. The van der Waals surface area contributed by atoms with Gasteiger partial charge in [-0.25, -0.2) is 0 Å². The van der Waals surface area contributed by atoms with Crippen molar-refractivity contribution in [3.05, 3.63) is 24.2 Å². The molecule has 1 amide bonds. The molecule has 1 aliphatic rings. The van der Waals surface area contributed by atoms with Crippen molar-refractivity contribution in [3.63, 3.8) is 0 Å². The Morgan fingerprint density at radius 2 is 2.33 bits per heavy atom. The number of hydrogen-bond donors (Lipinski definition) is 1. The van der Waals surface area contributed by atoms with Crippen molar-refractivity contribution in [3.8, 4) is 0 Å². The van der Waals surface area contributed by atoms with Gasteiger partial charge in [-0.3, -0.25) is 14.5 Å². The third kappa shape index (κ3) is 3.85. The molecule has 1 saturated heterocycles. The van der Waals surface area contributed by atoms with Gasteiger partial charge in [0, 0.05) is 0 Å². The first-order valence-electron chi connectivity index (χ1n) is 7.27. The molecule has 0 aromatic carbocycles.